The van der Waals surface area contributed by atoms with Gasteiger partial charge in [0.15, 0.2) is 28.8 Å². The highest BCUT2D eigenvalue weighted by Crippen LogP contribution is 2.32. The number of carbonyl (C=O) groups excluding carboxylic acids is 6. The molecule has 3 aromatic carbocycles. The van der Waals surface area contributed by atoms with E-state index < -0.39 is 47.3 Å². The van der Waals surface area contributed by atoms with Gasteiger partial charge in [0, 0.05) is 37.2 Å². The summed E-state index contributed by atoms with van der Waals surface area (Å²) in [5.41, 5.74) is 1.79. The van der Waals surface area contributed by atoms with Crippen LogP contribution in [0.15, 0.2) is 78.9 Å². The van der Waals surface area contributed by atoms with Crippen LogP contribution in [0.4, 0.5) is 0 Å². The van der Waals surface area contributed by atoms with Gasteiger partial charge in [-0.15, -0.1) is 6.42 Å². The molecule has 0 saturated carbocycles. The molecule has 0 bridgehead atoms. The van der Waals surface area contributed by atoms with E-state index >= 15 is 0 Å². The van der Waals surface area contributed by atoms with E-state index in [0.29, 0.717) is 75.4 Å². The fourth-order valence-corrected chi connectivity index (χ4v) is 8.82. The molecule has 360 valence electrons. The Morgan fingerprint density at radius 2 is 1.37 bits per heavy atom. The van der Waals surface area contributed by atoms with Crippen molar-refractivity contribution in [2.24, 2.45) is 23.7 Å². The van der Waals surface area contributed by atoms with Gasteiger partial charge >= 0.3 is 5.97 Å². The summed E-state index contributed by atoms with van der Waals surface area (Å²) < 4.78 is 22.7. The van der Waals surface area contributed by atoms with Crippen molar-refractivity contribution in [1.29, 1.82) is 0 Å². The highest BCUT2D eigenvalue weighted by atomic mass is 16.6. The van der Waals surface area contributed by atoms with Gasteiger partial charge in [-0.2, -0.15) is 0 Å². The third-order valence-corrected chi connectivity index (χ3v) is 12.5. The first-order valence-corrected chi connectivity index (χ1v) is 23.7. The van der Waals surface area contributed by atoms with Crippen LogP contribution in [-0.2, 0) is 57.6 Å². The smallest absolute Gasteiger partial charge is 0.308 e. The van der Waals surface area contributed by atoms with Gasteiger partial charge in [0.05, 0.1) is 31.9 Å². The van der Waals surface area contributed by atoms with Crippen LogP contribution >= 0.6 is 0 Å². The van der Waals surface area contributed by atoms with Crippen molar-refractivity contribution in [3.05, 3.63) is 95.6 Å². The zero-order chi connectivity index (χ0) is 48.6. The monoisotopic (exact) mass is 921 g/mol. The first kappa shape index (κ1) is 52.3. The van der Waals surface area contributed by atoms with Gasteiger partial charge < -0.3 is 34.1 Å². The number of Topliss-reactive ketones (excluding diaryl/α,β-unsaturated/α-hetero) is 3. The number of benzene rings is 3. The fraction of sp³-hybridized carbons (Fsp3) is 0.519. The Morgan fingerprint density at radius 1 is 0.776 bits per heavy atom. The first-order valence-electron chi connectivity index (χ1n) is 23.7. The number of esters is 1. The SMILES string of the molecule is C#CCOc1cc(C[N+]2(CC(=O)C[C@@H](CCc3ccccc3)C(=O)N[C@@H](CC(C)C)C(=O)C[C@@H](Cc3ccccc3)C(=O)N[C@@H](CC(C)C)C(=O)[C@@]3(C)CO3)CCOCC2)ccc1OC(C)=O. The maximum absolute atomic E-state index is 14.6. The normalized spacial score (nSPS) is 18.1. The van der Waals surface area contributed by atoms with E-state index in [9.17, 15) is 28.8 Å². The lowest BCUT2D eigenvalue weighted by Gasteiger charge is -2.41. The number of quaternary nitrogens is 1. The number of epoxide rings is 1. The largest absolute Gasteiger partial charge is 0.477 e. The number of amides is 2. The molecule has 0 unspecified atom stereocenters. The summed E-state index contributed by atoms with van der Waals surface area (Å²) in [6.45, 7) is 13.8. The van der Waals surface area contributed by atoms with Crippen LogP contribution in [0.2, 0.25) is 0 Å². The van der Waals surface area contributed by atoms with Gasteiger partial charge in [0.1, 0.15) is 38.4 Å². The molecule has 0 aliphatic carbocycles. The number of hydrogen-bond donors (Lipinski definition) is 2. The minimum absolute atomic E-state index is 0.0126. The number of rotatable bonds is 27. The average molecular weight is 921 g/mol. The lowest BCUT2D eigenvalue weighted by Crippen LogP contribution is -2.57. The second-order valence-corrected chi connectivity index (χ2v) is 19.4. The minimum Gasteiger partial charge on any atom is -0.477 e. The van der Waals surface area contributed by atoms with Crippen LogP contribution in [0.5, 0.6) is 11.5 Å². The number of aryl methyl sites for hydroxylation is 1. The van der Waals surface area contributed by atoms with E-state index in [1.165, 1.54) is 6.92 Å². The van der Waals surface area contributed by atoms with E-state index in [2.05, 4.69) is 16.6 Å². The van der Waals surface area contributed by atoms with Crippen molar-refractivity contribution in [2.75, 3.05) is 46.1 Å². The molecule has 2 amide bonds. The van der Waals surface area contributed by atoms with E-state index in [-0.39, 0.29) is 67.3 Å². The standard InChI is InChI=1S/C54H69N3O10/c1-8-25-65-50-31-42(20-22-49(50)67-39(6)58)34-57(23-26-64-27-24-57)35-45(59)32-43(21-19-40-15-11-9-12-16-40)52(62)55-46(28-37(2)3)48(60)33-44(30-41-17-13-10-14-18-41)53(63)56-47(29-38(4)5)51(61)54(7)36-66-54/h1,9-18,20,22,31,37-38,43-44,46-47H,19,21,23-30,32-36H2,2-7H3,(H-,55,56,62,63)/p+1/t43-,44-,46+,47+,54-/m1/s1. The molecule has 2 saturated heterocycles. The molecule has 0 aromatic heterocycles. The Balaban J connectivity index is 1.36. The summed E-state index contributed by atoms with van der Waals surface area (Å²) in [6, 6.07) is 22.8. The Bertz CT molecular complexity index is 2190. The zero-order valence-electron chi connectivity index (χ0n) is 40.2. The molecule has 0 radical (unpaired) electrons. The third kappa shape index (κ3) is 16.6. The van der Waals surface area contributed by atoms with Gasteiger partial charge in [-0.25, -0.2) is 0 Å². The first-order chi connectivity index (χ1) is 32.0. The molecule has 2 aliphatic rings. The molecule has 2 fully saturated rings. The maximum Gasteiger partial charge on any atom is 0.308 e. The van der Waals surface area contributed by atoms with Crippen LogP contribution < -0.4 is 20.1 Å². The molecule has 2 heterocycles. The number of ketones is 3. The predicted molar refractivity (Wildman–Crippen MR) is 255 cm³/mol. The highest BCUT2D eigenvalue weighted by Gasteiger charge is 2.50. The van der Waals surface area contributed by atoms with Crippen molar-refractivity contribution in [1.82, 2.24) is 10.6 Å². The number of nitrogens with zero attached hydrogens (tertiary/aromatic N) is 1. The summed E-state index contributed by atoms with van der Waals surface area (Å²) in [7, 11) is 0. The second-order valence-electron chi connectivity index (χ2n) is 19.4. The van der Waals surface area contributed by atoms with Crippen molar-refractivity contribution in [3.63, 3.8) is 0 Å². The third-order valence-electron chi connectivity index (χ3n) is 12.5. The van der Waals surface area contributed by atoms with Crippen molar-refractivity contribution < 1.29 is 52.2 Å². The summed E-state index contributed by atoms with van der Waals surface area (Å²) >= 11 is 0. The number of nitrogens with one attached hydrogen (secondary N) is 2. The van der Waals surface area contributed by atoms with Gasteiger partial charge in [-0.3, -0.25) is 28.8 Å². The Hall–Kier alpha value is -5.68. The van der Waals surface area contributed by atoms with Crippen LogP contribution in [0.25, 0.3) is 0 Å². The van der Waals surface area contributed by atoms with Crippen molar-refractivity contribution in [2.45, 2.75) is 111 Å². The molecule has 5 rings (SSSR count). The Morgan fingerprint density at radius 3 is 1.97 bits per heavy atom. The molecule has 2 aliphatic heterocycles. The summed E-state index contributed by atoms with van der Waals surface area (Å²) in [6.07, 6.45) is 7.17. The second kappa shape index (κ2) is 24.9. The van der Waals surface area contributed by atoms with Crippen LogP contribution in [0.1, 0.15) is 90.3 Å². The van der Waals surface area contributed by atoms with Crippen molar-refractivity contribution >= 4 is 35.1 Å². The lowest BCUT2D eigenvalue weighted by atomic mass is 9.87. The Labute approximate surface area is 396 Å². The molecule has 0 spiro atoms. The maximum atomic E-state index is 14.6. The molecule has 3 aromatic rings. The number of terminal acetylenes is 1. The number of ether oxygens (including phenoxy) is 4. The fourth-order valence-electron chi connectivity index (χ4n) is 8.82. The molecule has 13 heteroatoms. The molecular weight excluding hydrogens is 851 g/mol. The number of hydrogen-bond acceptors (Lipinski definition) is 10. The average Bonchev–Trinajstić information content (AvgIpc) is 4.05. The van der Waals surface area contributed by atoms with E-state index in [1.54, 1.807) is 19.1 Å². The van der Waals surface area contributed by atoms with Gasteiger partial charge in [0.25, 0.3) is 0 Å². The minimum atomic E-state index is -0.936. The van der Waals surface area contributed by atoms with Gasteiger partial charge in [-0.1, -0.05) is 94.3 Å². The van der Waals surface area contributed by atoms with Crippen LogP contribution in [0, 0.1) is 36.0 Å². The number of morpholine rings is 1. The van der Waals surface area contributed by atoms with E-state index in [1.807, 2.05) is 94.4 Å². The summed E-state index contributed by atoms with van der Waals surface area (Å²) in [4.78, 5) is 83.1. The predicted octanol–water partition coefficient (Wildman–Crippen LogP) is 6.42. The molecule has 5 atom stereocenters. The lowest BCUT2D eigenvalue weighted by molar-refractivity contribution is -0.940. The van der Waals surface area contributed by atoms with Crippen LogP contribution in [0.3, 0.4) is 0 Å². The molecule has 13 nitrogen and oxygen atoms in total. The molecular formula is C54H70N3O10+. The van der Waals surface area contributed by atoms with E-state index in [0.717, 1.165) is 16.7 Å². The molecule has 2 N–H and O–H groups in total. The Kier molecular flexibility index (Phi) is 19.4. The number of carbonyl (C=O) groups is 6. The summed E-state index contributed by atoms with van der Waals surface area (Å²) in [5.74, 6) is -0.315. The van der Waals surface area contributed by atoms with Gasteiger partial charge in [-0.05, 0) is 80.2 Å². The molecule has 67 heavy (non-hydrogen) atoms. The zero-order valence-corrected chi connectivity index (χ0v) is 40.2. The highest BCUT2D eigenvalue weighted by molar-refractivity contribution is 5.98. The topological polar surface area (TPSA) is 167 Å². The summed E-state index contributed by atoms with van der Waals surface area (Å²) in [5, 5.41) is 6.07. The van der Waals surface area contributed by atoms with E-state index in [4.69, 9.17) is 25.4 Å². The van der Waals surface area contributed by atoms with Crippen molar-refractivity contribution in [3.8, 4) is 23.8 Å². The van der Waals surface area contributed by atoms with Gasteiger partial charge in [0.2, 0.25) is 11.8 Å². The van der Waals surface area contributed by atoms with Crippen LogP contribution in [-0.4, -0.2) is 103 Å². The quantitative estimate of drug-likeness (QED) is 0.0287.